The molecule has 112 valence electrons. The van der Waals surface area contributed by atoms with Crippen molar-refractivity contribution in [3.8, 4) is 0 Å². The summed E-state index contributed by atoms with van der Waals surface area (Å²) in [6.07, 6.45) is 5.70. The van der Waals surface area contributed by atoms with E-state index in [4.69, 9.17) is 0 Å². The Bertz CT molecular complexity index is 420. The summed E-state index contributed by atoms with van der Waals surface area (Å²) in [4.78, 5) is 15.5. The lowest BCUT2D eigenvalue weighted by Crippen LogP contribution is -2.42. The van der Waals surface area contributed by atoms with Crippen molar-refractivity contribution in [2.75, 3.05) is 50.6 Å². The molecule has 1 unspecified atom stereocenters. The maximum atomic E-state index is 4.37. The largest absolute Gasteiger partial charge is 0.363 e. The van der Waals surface area contributed by atoms with E-state index in [-0.39, 0.29) is 0 Å². The van der Waals surface area contributed by atoms with Crippen LogP contribution in [0.5, 0.6) is 0 Å². The summed E-state index contributed by atoms with van der Waals surface area (Å²) in [5.41, 5.74) is 0. The molecule has 1 fully saturated rings. The molecule has 0 saturated carbocycles. The van der Waals surface area contributed by atoms with E-state index in [0.717, 1.165) is 30.8 Å². The van der Waals surface area contributed by atoms with E-state index in [1.165, 1.54) is 25.8 Å². The molecule has 1 aliphatic rings. The maximum absolute atomic E-state index is 4.37. The SMILES string of the molecule is CC1CCCCN1CCN(C)c1cc(N(C)C)ncn1. The minimum absolute atomic E-state index is 0.722. The van der Waals surface area contributed by atoms with Crippen LogP contribution in [0.2, 0.25) is 0 Å². The highest BCUT2D eigenvalue weighted by atomic mass is 15.2. The predicted octanol–water partition coefficient (Wildman–Crippen LogP) is 1.85. The van der Waals surface area contributed by atoms with Crippen LogP contribution < -0.4 is 9.80 Å². The van der Waals surface area contributed by atoms with Crippen LogP contribution in [0.4, 0.5) is 11.6 Å². The van der Waals surface area contributed by atoms with Gasteiger partial charge in [0, 0.05) is 46.3 Å². The van der Waals surface area contributed by atoms with Crippen molar-refractivity contribution in [1.82, 2.24) is 14.9 Å². The quantitative estimate of drug-likeness (QED) is 0.821. The van der Waals surface area contributed by atoms with Gasteiger partial charge in [0.2, 0.25) is 0 Å². The molecule has 2 heterocycles. The van der Waals surface area contributed by atoms with Crippen molar-refractivity contribution in [3.05, 3.63) is 12.4 Å². The molecular formula is C15H27N5. The lowest BCUT2D eigenvalue weighted by atomic mass is 10.0. The number of anilines is 2. The first-order valence-electron chi connectivity index (χ1n) is 7.52. The van der Waals surface area contributed by atoms with Gasteiger partial charge in [-0.1, -0.05) is 6.42 Å². The molecule has 0 amide bonds. The highest BCUT2D eigenvalue weighted by Crippen LogP contribution is 2.17. The van der Waals surface area contributed by atoms with Gasteiger partial charge in [0.25, 0.3) is 0 Å². The molecule has 0 aromatic carbocycles. The van der Waals surface area contributed by atoms with Gasteiger partial charge in [0.05, 0.1) is 0 Å². The molecule has 0 bridgehead atoms. The minimum Gasteiger partial charge on any atom is -0.363 e. The molecule has 1 saturated heterocycles. The number of hydrogen-bond acceptors (Lipinski definition) is 5. The number of hydrogen-bond donors (Lipinski definition) is 0. The number of nitrogens with zero attached hydrogens (tertiary/aromatic N) is 5. The molecule has 1 aliphatic heterocycles. The molecule has 5 heteroatoms. The highest BCUT2D eigenvalue weighted by Gasteiger charge is 2.18. The van der Waals surface area contributed by atoms with Crippen LogP contribution in [-0.4, -0.2) is 61.7 Å². The van der Waals surface area contributed by atoms with E-state index in [1.54, 1.807) is 6.33 Å². The van der Waals surface area contributed by atoms with Gasteiger partial charge in [-0.3, -0.25) is 4.90 Å². The van der Waals surface area contributed by atoms with Crippen LogP contribution in [-0.2, 0) is 0 Å². The van der Waals surface area contributed by atoms with Gasteiger partial charge in [-0.05, 0) is 26.3 Å². The van der Waals surface area contributed by atoms with Crippen molar-refractivity contribution in [2.45, 2.75) is 32.2 Å². The van der Waals surface area contributed by atoms with E-state index in [1.807, 2.05) is 25.1 Å². The zero-order valence-electron chi connectivity index (χ0n) is 13.2. The van der Waals surface area contributed by atoms with Crippen molar-refractivity contribution in [3.63, 3.8) is 0 Å². The Morgan fingerprint density at radius 1 is 1.20 bits per heavy atom. The van der Waals surface area contributed by atoms with Crippen LogP contribution in [0.1, 0.15) is 26.2 Å². The molecule has 0 spiro atoms. The van der Waals surface area contributed by atoms with Crippen molar-refractivity contribution in [2.24, 2.45) is 0 Å². The summed E-state index contributed by atoms with van der Waals surface area (Å²) in [6.45, 7) is 5.70. The van der Waals surface area contributed by atoms with Gasteiger partial charge < -0.3 is 9.80 Å². The highest BCUT2D eigenvalue weighted by molar-refractivity contribution is 5.48. The number of piperidine rings is 1. The van der Waals surface area contributed by atoms with Crippen molar-refractivity contribution in [1.29, 1.82) is 0 Å². The summed E-state index contributed by atoms with van der Waals surface area (Å²) in [5, 5.41) is 0. The molecule has 0 N–H and O–H groups in total. The van der Waals surface area contributed by atoms with E-state index >= 15 is 0 Å². The average molecular weight is 277 g/mol. The third kappa shape index (κ3) is 3.82. The van der Waals surface area contributed by atoms with Crippen molar-refractivity contribution >= 4 is 11.6 Å². The zero-order valence-corrected chi connectivity index (χ0v) is 13.2. The van der Waals surface area contributed by atoms with Gasteiger partial charge in [0.15, 0.2) is 0 Å². The Kier molecular flexibility index (Phi) is 5.17. The second-order valence-corrected chi connectivity index (χ2v) is 5.93. The standard InChI is InChI=1S/C15H27N5/c1-13-7-5-6-8-20(13)10-9-19(4)15-11-14(18(2)3)16-12-17-15/h11-13H,5-10H2,1-4H3. The van der Waals surface area contributed by atoms with Crippen molar-refractivity contribution < 1.29 is 0 Å². The number of likely N-dealkylation sites (tertiary alicyclic amines) is 1. The van der Waals surface area contributed by atoms with Crippen LogP contribution in [0.3, 0.4) is 0 Å². The maximum Gasteiger partial charge on any atom is 0.133 e. The number of aromatic nitrogens is 2. The molecule has 1 aromatic heterocycles. The van der Waals surface area contributed by atoms with E-state index < -0.39 is 0 Å². The summed E-state index contributed by atoms with van der Waals surface area (Å²) >= 11 is 0. The Balaban J connectivity index is 1.91. The van der Waals surface area contributed by atoms with Gasteiger partial charge in [0.1, 0.15) is 18.0 Å². The third-order valence-corrected chi connectivity index (χ3v) is 4.15. The number of rotatable bonds is 5. The fourth-order valence-electron chi connectivity index (χ4n) is 2.67. The molecular weight excluding hydrogens is 250 g/mol. The van der Waals surface area contributed by atoms with E-state index in [2.05, 4.69) is 33.7 Å². The summed E-state index contributed by atoms with van der Waals surface area (Å²) in [7, 11) is 6.11. The topological polar surface area (TPSA) is 35.5 Å². The smallest absolute Gasteiger partial charge is 0.133 e. The van der Waals surface area contributed by atoms with E-state index in [9.17, 15) is 0 Å². The molecule has 1 atom stereocenters. The first-order chi connectivity index (χ1) is 9.58. The molecule has 2 rings (SSSR count). The minimum atomic E-state index is 0.722. The fraction of sp³-hybridized carbons (Fsp3) is 0.733. The summed E-state index contributed by atoms with van der Waals surface area (Å²) in [5.74, 6) is 1.95. The first-order valence-corrected chi connectivity index (χ1v) is 7.52. The van der Waals surface area contributed by atoms with Crippen LogP contribution in [0.15, 0.2) is 12.4 Å². The Morgan fingerprint density at radius 2 is 1.95 bits per heavy atom. The Hall–Kier alpha value is -1.36. The second-order valence-electron chi connectivity index (χ2n) is 5.93. The number of likely N-dealkylation sites (N-methyl/N-ethyl adjacent to an activating group) is 1. The average Bonchev–Trinajstić information content (AvgIpc) is 2.46. The fourth-order valence-corrected chi connectivity index (χ4v) is 2.67. The third-order valence-electron chi connectivity index (χ3n) is 4.15. The molecule has 5 nitrogen and oxygen atoms in total. The van der Waals surface area contributed by atoms with Crippen LogP contribution in [0, 0.1) is 0 Å². The lowest BCUT2D eigenvalue weighted by molar-refractivity contribution is 0.165. The lowest BCUT2D eigenvalue weighted by Gasteiger charge is -2.34. The molecule has 1 aromatic rings. The molecule has 20 heavy (non-hydrogen) atoms. The van der Waals surface area contributed by atoms with Gasteiger partial charge in [-0.15, -0.1) is 0 Å². The zero-order chi connectivity index (χ0) is 14.5. The molecule has 0 radical (unpaired) electrons. The first kappa shape index (κ1) is 15.0. The Labute approximate surface area is 122 Å². The van der Waals surface area contributed by atoms with Gasteiger partial charge in [-0.25, -0.2) is 9.97 Å². The van der Waals surface area contributed by atoms with Gasteiger partial charge >= 0.3 is 0 Å². The van der Waals surface area contributed by atoms with Crippen LogP contribution >= 0.6 is 0 Å². The summed E-state index contributed by atoms with van der Waals surface area (Å²) in [6, 6.07) is 2.76. The van der Waals surface area contributed by atoms with Gasteiger partial charge in [-0.2, -0.15) is 0 Å². The van der Waals surface area contributed by atoms with Crippen LogP contribution in [0.25, 0.3) is 0 Å². The summed E-state index contributed by atoms with van der Waals surface area (Å²) < 4.78 is 0. The molecule has 0 aliphatic carbocycles. The predicted molar refractivity (Wildman–Crippen MR) is 84.5 cm³/mol. The Morgan fingerprint density at radius 3 is 2.65 bits per heavy atom. The second kappa shape index (κ2) is 6.88. The normalized spacial score (nSPS) is 19.9. The monoisotopic (exact) mass is 277 g/mol. The van der Waals surface area contributed by atoms with E-state index in [0.29, 0.717) is 0 Å².